The van der Waals surface area contributed by atoms with Crippen molar-refractivity contribution in [3.8, 4) is 5.75 Å². The van der Waals surface area contributed by atoms with Gasteiger partial charge in [-0.15, -0.1) is 0 Å². The lowest BCUT2D eigenvalue weighted by atomic mass is 9.93. The smallest absolute Gasteiger partial charge is 0.258 e. The van der Waals surface area contributed by atoms with Gasteiger partial charge in [0, 0.05) is 12.0 Å². The predicted octanol–water partition coefficient (Wildman–Crippen LogP) is 1.97. The zero-order valence-corrected chi connectivity index (χ0v) is 13.3. The molecule has 0 saturated heterocycles. The topological polar surface area (TPSA) is 80.6 Å². The number of fused-ring (bicyclic) bond motifs is 1. The van der Waals surface area contributed by atoms with Crippen LogP contribution in [0.25, 0.3) is 0 Å². The normalized spacial score (nSPS) is 16.1. The Labute approximate surface area is 140 Å². The molecule has 1 atom stereocenters. The van der Waals surface area contributed by atoms with Gasteiger partial charge in [0.25, 0.3) is 5.91 Å². The second-order valence-electron chi connectivity index (χ2n) is 5.69. The van der Waals surface area contributed by atoms with Crippen molar-refractivity contribution in [1.82, 2.24) is 10.6 Å². The molecule has 1 aromatic heterocycles. The zero-order chi connectivity index (χ0) is 16.8. The Morgan fingerprint density at radius 2 is 2.00 bits per heavy atom. The maximum absolute atomic E-state index is 12.0. The summed E-state index contributed by atoms with van der Waals surface area (Å²) < 4.78 is 10.7. The standard InChI is InChI=1S/C18H20N2O4/c21-17(20-15-7-4-8-16-14(15)9-10-23-16)11-19-18(22)12-24-13-5-2-1-3-6-13/h1-3,5-6,9-10,15H,4,7-8,11-12H2,(H,19,22)(H,20,21). The van der Waals surface area contributed by atoms with E-state index in [1.165, 1.54) is 0 Å². The lowest BCUT2D eigenvalue weighted by molar-refractivity contribution is -0.127. The van der Waals surface area contributed by atoms with Gasteiger partial charge in [0.15, 0.2) is 6.61 Å². The molecule has 2 aromatic rings. The molecule has 0 fully saturated rings. The number of nitrogens with one attached hydrogen (secondary N) is 2. The maximum Gasteiger partial charge on any atom is 0.258 e. The third-order valence-corrected chi connectivity index (χ3v) is 3.95. The summed E-state index contributed by atoms with van der Waals surface area (Å²) in [7, 11) is 0. The second-order valence-corrected chi connectivity index (χ2v) is 5.69. The summed E-state index contributed by atoms with van der Waals surface area (Å²) >= 11 is 0. The third kappa shape index (κ3) is 4.16. The first-order chi connectivity index (χ1) is 11.7. The lowest BCUT2D eigenvalue weighted by Gasteiger charge is -2.22. The average molecular weight is 328 g/mol. The van der Waals surface area contributed by atoms with Crippen molar-refractivity contribution in [2.24, 2.45) is 0 Å². The molecule has 1 aliphatic carbocycles. The number of hydrogen-bond donors (Lipinski definition) is 2. The van der Waals surface area contributed by atoms with Crippen molar-refractivity contribution in [2.45, 2.75) is 25.3 Å². The Hall–Kier alpha value is -2.76. The van der Waals surface area contributed by atoms with Crippen molar-refractivity contribution < 1.29 is 18.7 Å². The monoisotopic (exact) mass is 328 g/mol. The third-order valence-electron chi connectivity index (χ3n) is 3.95. The highest BCUT2D eigenvalue weighted by Crippen LogP contribution is 2.30. The van der Waals surface area contributed by atoms with Crippen LogP contribution in [0.3, 0.4) is 0 Å². The number of para-hydroxylation sites is 1. The Bertz CT molecular complexity index is 696. The summed E-state index contributed by atoms with van der Waals surface area (Å²) in [5.74, 6) is 1.00. The van der Waals surface area contributed by atoms with E-state index in [1.807, 2.05) is 24.3 Å². The molecule has 1 aromatic carbocycles. The van der Waals surface area contributed by atoms with Gasteiger partial charge in [0.1, 0.15) is 11.5 Å². The number of rotatable bonds is 6. The summed E-state index contributed by atoms with van der Waals surface area (Å²) in [5, 5.41) is 5.50. The fourth-order valence-corrected chi connectivity index (χ4v) is 2.78. The molecule has 1 unspecified atom stereocenters. The first-order valence-electron chi connectivity index (χ1n) is 8.02. The van der Waals surface area contributed by atoms with E-state index < -0.39 is 0 Å². The van der Waals surface area contributed by atoms with Gasteiger partial charge in [-0.2, -0.15) is 0 Å². The number of carbonyl (C=O) groups is 2. The number of hydrogen-bond acceptors (Lipinski definition) is 4. The first kappa shape index (κ1) is 16.1. The molecule has 0 aliphatic heterocycles. The molecule has 0 spiro atoms. The molecule has 3 rings (SSSR count). The van der Waals surface area contributed by atoms with Crippen LogP contribution in [0.5, 0.6) is 5.75 Å². The Balaban J connectivity index is 1.41. The Morgan fingerprint density at radius 3 is 2.83 bits per heavy atom. The van der Waals surface area contributed by atoms with Crippen LogP contribution < -0.4 is 15.4 Å². The van der Waals surface area contributed by atoms with Crippen molar-refractivity contribution in [2.75, 3.05) is 13.2 Å². The molecule has 126 valence electrons. The number of aryl methyl sites for hydroxylation is 1. The minimum Gasteiger partial charge on any atom is -0.484 e. The molecule has 1 heterocycles. The van der Waals surface area contributed by atoms with E-state index in [9.17, 15) is 9.59 Å². The first-order valence-corrected chi connectivity index (χ1v) is 8.02. The van der Waals surface area contributed by atoms with Crippen LogP contribution in [0.15, 0.2) is 47.1 Å². The second kappa shape index (κ2) is 7.68. The van der Waals surface area contributed by atoms with Gasteiger partial charge in [-0.3, -0.25) is 9.59 Å². The van der Waals surface area contributed by atoms with E-state index in [-0.39, 0.29) is 31.0 Å². The molecule has 2 amide bonds. The number of benzene rings is 1. The zero-order valence-electron chi connectivity index (χ0n) is 13.3. The predicted molar refractivity (Wildman–Crippen MR) is 87.5 cm³/mol. The van der Waals surface area contributed by atoms with Crippen LogP contribution >= 0.6 is 0 Å². The van der Waals surface area contributed by atoms with E-state index in [0.29, 0.717) is 5.75 Å². The van der Waals surface area contributed by atoms with Gasteiger partial charge in [-0.1, -0.05) is 18.2 Å². The van der Waals surface area contributed by atoms with Crippen molar-refractivity contribution in [3.63, 3.8) is 0 Å². The van der Waals surface area contributed by atoms with E-state index in [4.69, 9.17) is 9.15 Å². The Kier molecular flexibility index (Phi) is 5.15. The summed E-state index contributed by atoms with van der Waals surface area (Å²) in [6.07, 6.45) is 4.41. The summed E-state index contributed by atoms with van der Waals surface area (Å²) in [6, 6.07) is 10.9. The van der Waals surface area contributed by atoms with Crippen LogP contribution in [0.2, 0.25) is 0 Å². The van der Waals surface area contributed by atoms with E-state index in [2.05, 4.69) is 10.6 Å². The average Bonchev–Trinajstić information content (AvgIpc) is 3.09. The highest BCUT2D eigenvalue weighted by atomic mass is 16.5. The van der Waals surface area contributed by atoms with E-state index in [0.717, 1.165) is 30.6 Å². The van der Waals surface area contributed by atoms with Gasteiger partial charge >= 0.3 is 0 Å². The fraction of sp³-hybridized carbons (Fsp3) is 0.333. The molecule has 24 heavy (non-hydrogen) atoms. The van der Waals surface area contributed by atoms with Gasteiger partial charge < -0.3 is 19.8 Å². The summed E-state index contributed by atoms with van der Waals surface area (Å²) in [6.45, 7) is -0.187. The summed E-state index contributed by atoms with van der Waals surface area (Å²) in [5.41, 5.74) is 1.04. The number of furan rings is 1. The lowest BCUT2D eigenvalue weighted by Crippen LogP contribution is -2.40. The van der Waals surface area contributed by atoms with E-state index >= 15 is 0 Å². The minimum atomic E-state index is -0.332. The molecule has 6 nitrogen and oxygen atoms in total. The van der Waals surface area contributed by atoms with Crippen LogP contribution in [0, 0.1) is 0 Å². The molecular formula is C18H20N2O4. The molecule has 0 bridgehead atoms. The number of carbonyl (C=O) groups excluding carboxylic acids is 2. The largest absolute Gasteiger partial charge is 0.484 e. The summed E-state index contributed by atoms with van der Waals surface area (Å²) in [4.78, 5) is 23.8. The molecule has 0 saturated carbocycles. The van der Waals surface area contributed by atoms with Crippen molar-refractivity contribution >= 4 is 11.8 Å². The molecule has 1 aliphatic rings. The van der Waals surface area contributed by atoms with Crippen LogP contribution in [0.1, 0.15) is 30.2 Å². The van der Waals surface area contributed by atoms with E-state index in [1.54, 1.807) is 18.4 Å². The molecule has 2 N–H and O–H groups in total. The molecule has 6 heteroatoms. The van der Waals surface area contributed by atoms with Gasteiger partial charge in [-0.25, -0.2) is 0 Å². The minimum absolute atomic E-state index is 0.0440. The van der Waals surface area contributed by atoms with Gasteiger partial charge in [0.05, 0.1) is 18.8 Å². The fourth-order valence-electron chi connectivity index (χ4n) is 2.78. The van der Waals surface area contributed by atoms with Crippen molar-refractivity contribution in [1.29, 1.82) is 0 Å². The SMILES string of the molecule is O=C(COc1ccccc1)NCC(=O)NC1CCCc2occc21. The Morgan fingerprint density at radius 1 is 1.17 bits per heavy atom. The van der Waals surface area contributed by atoms with Gasteiger partial charge in [0.2, 0.25) is 5.91 Å². The van der Waals surface area contributed by atoms with Crippen LogP contribution in [-0.4, -0.2) is 25.0 Å². The molecular weight excluding hydrogens is 308 g/mol. The van der Waals surface area contributed by atoms with Crippen LogP contribution in [-0.2, 0) is 16.0 Å². The van der Waals surface area contributed by atoms with Crippen LogP contribution in [0.4, 0.5) is 0 Å². The van der Waals surface area contributed by atoms with Gasteiger partial charge in [-0.05, 0) is 31.0 Å². The van der Waals surface area contributed by atoms with Crippen molar-refractivity contribution in [3.05, 3.63) is 54.0 Å². The quantitative estimate of drug-likeness (QED) is 0.849. The highest BCUT2D eigenvalue weighted by molar-refractivity contribution is 5.85. The number of amides is 2. The highest BCUT2D eigenvalue weighted by Gasteiger charge is 2.23. The molecule has 0 radical (unpaired) electrons. The maximum atomic E-state index is 12.0. The number of ether oxygens (including phenoxy) is 1.